The molecule has 0 aromatic heterocycles. The third kappa shape index (κ3) is 6.15. The van der Waals surface area contributed by atoms with Gasteiger partial charge >= 0.3 is 0 Å². The molecule has 0 bridgehead atoms. The van der Waals surface area contributed by atoms with Crippen molar-refractivity contribution in [2.45, 2.75) is 25.6 Å². The molecule has 0 saturated heterocycles. The Morgan fingerprint density at radius 1 is 1.40 bits per heavy atom. The number of hydrogen-bond acceptors (Lipinski definition) is 5. The van der Waals surface area contributed by atoms with Crippen LogP contribution in [-0.2, 0) is 15.6 Å². The Hall–Kier alpha value is -0.720. The molecule has 0 fully saturated rings. The minimum absolute atomic E-state index is 0.0227. The predicted octanol–water partition coefficient (Wildman–Crippen LogP) is 2.38. The lowest BCUT2D eigenvalue weighted by molar-refractivity contribution is 0.337. The van der Waals surface area contributed by atoms with Crippen molar-refractivity contribution in [2.24, 2.45) is 5.73 Å². The fourth-order valence-electron chi connectivity index (χ4n) is 1.68. The third-order valence-electron chi connectivity index (χ3n) is 2.77. The van der Waals surface area contributed by atoms with E-state index in [-0.39, 0.29) is 11.8 Å². The molecule has 1 atom stereocenters. The highest BCUT2D eigenvalue weighted by Gasteiger charge is 2.09. The van der Waals surface area contributed by atoms with E-state index in [4.69, 9.17) is 10.5 Å². The van der Waals surface area contributed by atoms with Gasteiger partial charge in [0.05, 0.1) is 12.4 Å². The van der Waals surface area contributed by atoms with Gasteiger partial charge in [0, 0.05) is 29.4 Å². The molecule has 0 spiro atoms. The van der Waals surface area contributed by atoms with E-state index in [2.05, 4.69) is 0 Å². The Morgan fingerprint density at radius 3 is 2.65 bits per heavy atom. The molecular formula is C14H23NO3S2. The summed E-state index contributed by atoms with van der Waals surface area (Å²) < 4.78 is 27.8. The smallest absolute Gasteiger partial charge is 0.148 e. The molecular weight excluding hydrogens is 294 g/mol. The van der Waals surface area contributed by atoms with Crippen LogP contribution in [0, 0.1) is 0 Å². The third-order valence-corrected chi connectivity index (χ3v) is 4.98. The van der Waals surface area contributed by atoms with Crippen molar-refractivity contribution in [1.82, 2.24) is 0 Å². The lowest BCUT2D eigenvalue weighted by atomic mass is 10.1. The molecule has 0 aliphatic heterocycles. The highest BCUT2D eigenvalue weighted by molar-refractivity contribution is 7.99. The molecule has 1 unspecified atom stereocenters. The summed E-state index contributed by atoms with van der Waals surface area (Å²) in [4.78, 5) is 0. The zero-order chi connectivity index (χ0) is 15.2. The minimum Gasteiger partial charge on any atom is -0.494 e. The average Bonchev–Trinajstić information content (AvgIpc) is 2.35. The average molecular weight is 317 g/mol. The first-order valence-corrected chi connectivity index (χ1v) is 9.81. The number of ether oxygens (including phenoxy) is 1. The molecule has 0 aliphatic rings. The zero-order valence-electron chi connectivity index (χ0n) is 12.3. The van der Waals surface area contributed by atoms with Gasteiger partial charge in [-0.2, -0.15) is 11.8 Å². The number of hydrogen-bond donors (Lipinski definition) is 1. The second-order valence-corrected chi connectivity index (χ2v) is 8.14. The number of rotatable bonds is 8. The predicted molar refractivity (Wildman–Crippen MR) is 86.1 cm³/mol. The van der Waals surface area contributed by atoms with Gasteiger partial charge in [-0.25, -0.2) is 8.42 Å². The number of thioether (sulfide) groups is 1. The Labute approximate surface area is 126 Å². The van der Waals surface area contributed by atoms with Crippen LogP contribution >= 0.6 is 11.8 Å². The minimum atomic E-state index is -2.89. The molecule has 4 nitrogen and oxygen atoms in total. The van der Waals surface area contributed by atoms with Gasteiger partial charge in [0.2, 0.25) is 0 Å². The number of benzene rings is 1. The first kappa shape index (κ1) is 17.3. The molecule has 0 aliphatic carbocycles. The van der Waals surface area contributed by atoms with Gasteiger partial charge in [-0.05, 0) is 31.5 Å². The summed E-state index contributed by atoms with van der Waals surface area (Å²) >= 11 is 1.59. The largest absolute Gasteiger partial charge is 0.494 e. The van der Waals surface area contributed by atoms with E-state index in [1.54, 1.807) is 11.8 Å². The fraction of sp³-hybridized carbons (Fsp3) is 0.571. The Morgan fingerprint density at radius 2 is 2.10 bits per heavy atom. The highest BCUT2D eigenvalue weighted by atomic mass is 32.2. The highest BCUT2D eigenvalue weighted by Crippen LogP contribution is 2.26. The molecule has 0 amide bonds. The Balaban J connectivity index is 2.72. The van der Waals surface area contributed by atoms with Crippen molar-refractivity contribution in [3.8, 4) is 5.75 Å². The summed E-state index contributed by atoms with van der Waals surface area (Å²) in [5, 5.41) is 0. The number of sulfone groups is 1. The molecule has 0 radical (unpaired) electrons. The number of nitrogens with two attached hydrogens (primary N) is 1. The summed E-state index contributed by atoms with van der Waals surface area (Å²) in [6.45, 7) is 4.49. The molecule has 114 valence electrons. The van der Waals surface area contributed by atoms with E-state index in [0.29, 0.717) is 12.4 Å². The van der Waals surface area contributed by atoms with E-state index in [1.165, 1.54) is 6.26 Å². The van der Waals surface area contributed by atoms with Crippen molar-refractivity contribution in [3.05, 3.63) is 29.3 Å². The van der Waals surface area contributed by atoms with E-state index >= 15 is 0 Å². The van der Waals surface area contributed by atoms with E-state index < -0.39 is 9.84 Å². The zero-order valence-corrected chi connectivity index (χ0v) is 13.9. The van der Waals surface area contributed by atoms with Gasteiger partial charge in [-0.3, -0.25) is 0 Å². The van der Waals surface area contributed by atoms with Gasteiger partial charge in [0.25, 0.3) is 0 Å². The van der Waals surface area contributed by atoms with Crippen LogP contribution in [0.4, 0.5) is 0 Å². The Kier molecular flexibility index (Phi) is 6.85. The van der Waals surface area contributed by atoms with E-state index in [9.17, 15) is 8.42 Å². The molecule has 0 saturated carbocycles. The standard InChI is InChI=1S/C14H23NO3S2/c1-4-18-14-6-5-12(11(2)15)9-13(14)10-19-7-8-20(3,16)17/h5-6,9,11H,4,7-8,10,15H2,1-3H3. The molecule has 6 heteroatoms. The maximum Gasteiger partial charge on any atom is 0.148 e. The van der Waals surface area contributed by atoms with Gasteiger partial charge < -0.3 is 10.5 Å². The molecule has 20 heavy (non-hydrogen) atoms. The summed E-state index contributed by atoms with van der Waals surface area (Å²) in [5.41, 5.74) is 8.02. The van der Waals surface area contributed by atoms with Gasteiger partial charge in [-0.1, -0.05) is 6.07 Å². The summed E-state index contributed by atoms with van der Waals surface area (Å²) in [6, 6.07) is 5.93. The lowest BCUT2D eigenvalue weighted by Crippen LogP contribution is -2.07. The van der Waals surface area contributed by atoms with Crippen LogP contribution in [-0.4, -0.2) is 32.8 Å². The SMILES string of the molecule is CCOc1ccc(C(C)N)cc1CSCCS(C)(=O)=O. The second-order valence-electron chi connectivity index (χ2n) is 4.77. The van der Waals surface area contributed by atoms with Crippen LogP contribution in [0.1, 0.15) is 31.0 Å². The van der Waals surface area contributed by atoms with Crippen molar-refractivity contribution >= 4 is 21.6 Å². The van der Waals surface area contributed by atoms with Gasteiger partial charge in [-0.15, -0.1) is 0 Å². The molecule has 1 aromatic carbocycles. The van der Waals surface area contributed by atoms with Gasteiger partial charge in [0.1, 0.15) is 15.6 Å². The van der Waals surface area contributed by atoms with Crippen LogP contribution in [0.5, 0.6) is 5.75 Å². The molecule has 1 rings (SSSR count). The summed E-state index contributed by atoms with van der Waals surface area (Å²) in [6.07, 6.45) is 1.26. The first-order chi connectivity index (χ1) is 9.33. The monoisotopic (exact) mass is 317 g/mol. The van der Waals surface area contributed by atoms with Crippen LogP contribution in [0.2, 0.25) is 0 Å². The molecule has 0 heterocycles. The first-order valence-electron chi connectivity index (χ1n) is 6.60. The van der Waals surface area contributed by atoms with Crippen LogP contribution in [0.25, 0.3) is 0 Å². The summed E-state index contributed by atoms with van der Waals surface area (Å²) in [5.74, 6) is 2.37. The maximum absolute atomic E-state index is 11.1. The van der Waals surface area contributed by atoms with Crippen LogP contribution in [0.3, 0.4) is 0 Å². The van der Waals surface area contributed by atoms with Crippen LogP contribution < -0.4 is 10.5 Å². The topological polar surface area (TPSA) is 69.4 Å². The fourth-order valence-corrected chi connectivity index (χ4v) is 3.96. The Bertz CT molecular complexity index is 527. The molecule has 1 aromatic rings. The van der Waals surface area contributed by atoms with Crippen molar-refractivity contribution in [1.29, 1.82) is 0 Å². The maximum atomic E-state index is 11.1. The molecule has 2 N–H and O–H groups in total. The summed E-state index contributed by atoms with van der Waals surface area (Å²) in [7, 11) is -2.89. The van der Waals surface area contributed by atoms with Crippen molar-refractivity contribution in [2.75, 3.05) is 24.4 Å². The quantitative estimate of drug-likeness (QED) is 0.746. The second kappa shape index (κ2) is 7.90. The van der Waals surface area contributed by atoms with Crippen LogP contribution in [0.15, 0.2) is 18.2 Å². The lowest BCUT2D eigenvalue weighted by Gasteiger charge is -2.13. The van der Waals surface area contributed by atoms with Crippen molar-refractivity contribution < 1.29 is 13.2 Å². The van der Waals surface area contributed by atoms with Crippen molar-refractivity contribution in [3.63, 3.8) is 0 Å². The van der Waals surface area contributed by atoms with E-state index in [1.807, 2.05) is 32.0 Å². The van der Waals surface area contributed by atoms with Gasteiger partial charge in [0.15, 0.2) is 0 Å². The van der Waals surface area contributed by atoms with E-state index in [0.717, 1.165) is 22.6 Å². The normalized spacial score (nSPS) is 13.2.